The smallest absolute Gasteiger partial charge is 0.305 e. The molecule has 22 N–H and O–H groups in total. The summed E-state index contributed by atoms with van der Waals surface area (Å²) in [7, 11) is 0. The van der Waals surface area contributed by atoms with Crippen LogP contribution in [0.1, 0.15) is 164 Å². The second-order valence-electron chi connectivity index (χ2n) is 24.8. The van der Waals surface area contributed by atoms with Crippen LogP contribution in [0.15, 0.2) is 36.4 Å². The number of aromatic hydroxyl groups is 1. The van der Waals surface area contributed by atoms with Crippen molar-refractivity contribution >= 4 is 82.6 Å². The van der Waals surface area contributed by atoms with Gasteiger partial charge in [-0.15, -0.1) is 0 Å². The summed E-state index contributed by atoms with van der Waals surface area (Å²) >= 11 is 0. The number of aliphatic hydroxyl groups is 2. The molecule has 2 rings (SSSR count). The van der Waals surface area contributed by atoms with Gasteiger partial charge in [0.05, 0.1) is 31.2 Å². The molecule has 32 nitrogen and oxygen atoms in total. The fourth-order valence-electron chi connectivity index (χ4n) is 10.2. The zero-order valence-corrected chi connectivity index (χ0v) is 55.6. The quantitative estimate of drug-likeness (QED) is 0.0246. The topological polar surface area (TPSA) is 544 Å². The van der Waals surface area contributed by atoms with E-state index in [0.29, 0.717) is 24.8 Å². The normalized spacial score (nSPS) is 22.5. The Morgan fingerprint density at radius 2 is 1.21 bits per heavy atom. The average Bonchev–Trinajstić information content (AvgIpc) is 0.943. The van der Waals surface area contributed by atoms with Crippen molar-refractivity contribution in [2.24, 2.45) is 34.8 Å². The molecular weight excluding hydrogens is 1240 g/mol. The van der Waals surface area contributed by atoms with Gasteiger partial charge in [0.15, 0.2) is 5.78 Å². The number of phenols is 1. The summed E-state index contributed by atoms with van der Waals surface area (Å²) in [4.78, 5) is 191. The summed E-state index contributed by atoms with van der Waals surface area (Å²) in [6.45, 7) is 10.8. The Labute approximate surface area is 553 Å². The number of nitrogens with two attached hydrogens (primary N) is 4. The number of unbranched alkanes of at least 4 members (excludes halogenated alkanes) is 1. The lowest BCUT2D eigenvalue weighted by molar-refractivity contribution is -0.142. The summed E-state index contributed by atoms with van der Waals surface area (Å²) in [5.74, 6) is -15.3. The predicted molar refractivity (Wildman–Crippen MR) is 346 cm³/mol. The molecule has 1 aromatic carbocycles. The van der Waals surface area contributed by atoms with Crippen LogP contribution in [-0.2, 0) is 73.5 Å². The van der Waals surface area contributed by atoms with Crippen molar-refractivity contribution in [2.45, 2.75) is 236 Å². The first kappa shape index (κ1) is 82.5. The first-order valence-corrected chi connectivity index (χ1v) is 32.1. The van der Waals surface area contributed by atoms with Crippen LogP contribution in [0.4, 0.5) is 0 Å². The molecule has 532 valence electrons. The minimum absolute atomic E-state index is 0.00489. The minimum atomic E-state index is -2.03. The van der Waals surface area contributed by atoms with Crippen molar-refractivity contribution in [3.8, 4) is 5.75 Å². The number of rotatable bonds is 33. The van der Waals surface area contributed by atoms with Crippen molar-refractivity contribution in [1.82, 2.24) is 53.2 Å². The second kappa shape index (κ2) is 40.6. The van der Waals surface area contributed by atoms with E-state index in [-0.39, 0.29) is 82.4 Å². The zero-order chi connectivity index (χ0) is 71.9. The highest BCUT2D eigenvalue weighted by Gasteiger charge is 2.43. The van der Waals surface area contributed by atoms with Gasteiger partial charge < -0.3 is 96.5 Å². The van der Waals surface area contributed by atoms with Crippen LogP contribution in [0.5, 0.6) is 5.75 Å². The van der Waals surface area contributed by atoms with Gasteiger partial charge in [0.1, 0.15) is 59.1 Å². The number of ketones is 1. The summed E-state index contributed by atoms with van der Waals surface area (Å²) in [6.07, 6.45) is 0.685. The molecule has 1 unspecified atom stereocenters. The Kier molecular flexibility index (Phi) is 35.2. The van der Waals surface area contributed by atoms with E-state index in [9.17, 15) is 87.5 Å². The lowest BCUT2D eigenvalue weighted by atomic mass is 9.90. The van der Waals surface area contributed by atoms with Crippen LogP contribution in [0, 0.1) is 11.8 Å². The van der Waals surface area contributed by atoms with E-state index < -0.39 is 192 Å². The van der Waals surface area contributed by atoms with E-state index in [1.807, 2.05) is 0 Å². The van der Waals surface area contributed by atoms with Crippen LogP contribution in [0.2, 0.25) is 0 Å². The van der Waals surface area contributed by atoms with Gasteiger partial charge in [-0.1, -0.05) is 64.8 Å². The molecule has 32 heteroatoms. The number of hydrogen-bond donors (Lipinski definition) is 18. The second-order valence-corrected chi connectivity index (χ2v) is 24.8. The summed E-state index contributed by atoms with van der Waals surface area (Å²) in [5.41, 5.74) is 19.5. The van der Waals surface area contributed by atoms with Gasteiger partial charge in [0, 0.05) is 12.8 Å². The molecule has 1 aliphatic heterocycles. The Morgan fingerprint density at radius 1 is 0.663 bits per heavy atom. The number of carbonyl (C=O) groups excluding carboxylic acids is 13. The molecule has 0 bridgehead atoms. The number of hydrogen-bond acceptors (Lipinski definition) is 19. The maximum absolute atomic E-state index is 14.8. The van der Waals surface area contributed by atoms with E-state index in [1.54, 1.807) is 52.0 Å². The van der Waals surface area contributed by atoms with Crippen LogP contribution >= 0.6 is 0 Å². The fourth-order valence-corrected chi connectivity index (χ4v) is 10.2. The Morgan fingerprint density at radius 3 is 1.76 bits per heavy atom. The van der Waals surface area contributed by atoms with Crippen molar-refractivity contribution in [3.05, 3.63) is 42.0 Å². The molecule has 14 atom stereocenters. The molecule has 1 aliphatic rings. The summed E-state index contributed by atoms with van der Waals surface area (Å²) in [5, 5.41) is 66.3. The molecular formula is C63H102N14O18. The van der Waals surface area contributed by atoms with Crippen molar-refractivity contribution in [2.75, 3.05) is 13.2 Å². The van der Waals surface area contributed by atoms with Gasteiger partial charge in [-0.3, -0.25) is 67.1 Å². The van der Waals surface area contributed by atoms with Gasteiger partial charge in [-0.2, -0.15) is 0 Å². The number of phenolic OH excluding ortho intramolecular Hbond substituents is 1. The van der Waals surface area contributed by atoms with Crippen LogP contribution < -0.4 is 76.1 Å². The monoisotopic (exact) mass is 1340 g/mol. The number of Topliss-reactive ketones (excluding diaryl/α,β-unsaturated/α-hetero) is 1. The first-order valence-electron chi connectivity index (χ1n) is 32.1. The lowest BCUT2D eigenvalue weighted by Crippen LogP contribution is -2.66. The molecule has 0 saturated heterocycles. The fraction of sp³-hybridized carbons (Fsp3) is 0.651. The number of benzene rings is 1. The number of amides is 12. The average molecular weight is 1340 g/mol. The molecule has 12 amide bonds. The van der Waals surface area contributed by atoms with Crippen LogP contribution in [0.3, 0.4) is 0 Å². The van der Waals surface area contributed by atoms with Gasteiger partial charge >= 0.3 is 5.97 Å². The molecule has 1 heterocycles. The number of carboxylic acid groups (broad SMARTS) is 1. The third-order valence-electron chi connectivity index (χ3n) is 16.6. The maximum Gasteiger partial charge on any atom is 0.305 e. The highest BCUT2D eigenvalue weighted by Crippen LogP contribution is 2.22. The van der Waals surface area contributed by atoms with Gasteiger partial charge in [-0.05, 0) is 141 Å². The Bertz CT molecular complexity index is 2860. The molecule has 0 aliphatic carbocycles. The number of allylic oxidation sites excluding steroid dienone is 2. The van der Waals surface area contributed by atoms with E-state index in [0.717, 1.165) is 6.92 Å². The first-order chi connectivity index (χ1) is 44.6. The van der Waals surface area contributed by atoms with Crippen LogP contribution in [-0.4, -0.2) is 188 Å². The number of carbonyl (C=O) groups is 14. The molecule has 0 radical (unpaired) electrons. The lowest BCUT2D eigenvalue weighted by Gasteiger charge is -2.34. The Hall–Kier alpha value is -8.62. The third kappa shape index (κ3) is 28.1. The molecule has 0 aromatic heterocycles. The predicted octanol–water partition coefficient (Wildman–Crippen LogP) is -3.01. The Balaban J connectivity index is 2.68. The van der Waals surface area contributed by atoms with E-state index in [1.165, 1.54) is 32.9 Å². The number of carboxylic acids is 1. The number of primary amides is 2. The number of aliphatic hydroxyl groups excluding tert-OH is 2. The van der Waals surface area contributed by atoms with E-state index in [4.69, 9.17) is 22.9 Å². The summed E-state index contributed by atoms with van der Waals surface area (Å²) < 4.78 is 0. The maximum atomic E-state index is 14.8. The summed E-state index contributed by atoms with van der Waals surface area (Å²) in [6, 6.07) is -8.06. The molecule has 0 saturated carbocycles. The highest BCUT2D eigenvalue weighted by molar-refractivity contribution is 6.01. The number of aliphatic carboxylic acids is 1. The molecule has 1 aromatic rings. The minimum Gasteiger partial charge on any atom is -0.508 e. The van der Waals surface area contributed by atoms with Crippen molar-refractivity contribution in [1.29, 1.82) is 0 Å². The van der Waals surface area contributed by atoms with E-state index in [2.05, 4.69) is 53.2 Å². The molecule has 0 spiro atoms. The third-order valence-corrected chi connectivity index (χ3v) is 16.6. The van der Waals surface area contributed by atoms with Crippen molar-refractivity contribution in [3.63, 3.8) is 0 Å². The highest BCUT2D eigenvalue weighted by atomic mass is 16.4. The van der Waals surface area contributed by atoms with Crippen LogP contribution in [0.25, 0.3) is 0 Å². The van der Waals surface area contributed by atoms with Gasteiger partial charge in [-0.25, -0.2) is 0 Å². The zero-order valence-electron chi connectivity index (χ0n) is 55.6. The number of nitrogens with one attached hydrogen (secondary N) is 10. The van der Waals surface area contributed by atoms with Gasteiger partial charge in [0.2, 0.25) is 70.9 Å². The SMILES string of the molecule is CC[C@H](C)[C@H](NC(=O)C(CCC(N)=O)NC(=O)[C@H](CC(=O)O)NC(=O)[C@@H](NC(=O)[C@]1(C)CCC/C=C/CCC[C@](C)(NC(=O)[C@H](CCCCN)NC(=O)[C@@H](N)Cc2ccc(O)cc2)C(=O)N[C@@H]([C@@H](C)O)C(=O)N[C@@H](CCC(N)=O)C(=O)N[C@@H](CO)C(=O)N1)[C@@H](C)CC)C(C)=O. The molecule has 95 heavy (non-hydrogen) atoms. The largest absolute Gasteiger partial charge is 0.508 e. The van der Waals surface area contributed by atoms with Gasteiger partial charge in [0.25, 0.3) is 0 Å². The molecule has 0 fully saturated rings. The standard InChI is InChI=1S/C63H102N14O18/c1-9-34(3)49(36(5)79)73-54(88)43(25-27-47(67)83)69-55(89)44(32-48(84)85)71-58(92)50(35(4)10-2)74-60(94)62(7)28-16-13-11-12-14-17-29-63(8,76-56(90)41(19-15-18-30-64)68-52(86)40(65)31-38-20-22-39(81)23-21-38)61(95)75-51(37(6)80)59(93)70-42(24-26-46(66)82)53(87)72-45(33-78)57(91)77-62/h11-12,20-23,34-35,37,40-45,49-51,78,80-81H,9-10,13-19,24-33,64-65H2,1-8H3,(H2,66,82)(H2,67,83)(H,68,86)(H,69,89)(H,70,93)(H,71,92)(H,72,87)(H,73,88)(H,74,94)(H,75,95)(H,76,90)(H,77,91)(H,84,85)/b12-11+/t34-,35-,37+,40-,41-,42-,43?,44-,45-,49-,50-,51-,62-,63-/m0/s1. The van der Waals surface area contributed by atoms with E-state index >= 15 is 0 Å². The van der Waals surface area contributed by atoms with Crippen molar-refractivity contribution < 1.29 is 87.5 Å².